The molecule has 1 aliphatic heterocycles. The van der Waals surface area contributed by atoms with E-state index in [4.69, 9.17) is 14.5 Å². The number of rotatable bonds is 4. The van der Waals surface area contributed by atoms with Crippen LogP contribution in [0.4, 0.5) is 0 Å². The second-order valence-corrected chi connectivity index (χ2v) is 7.23. The fourth-order valence-corrected chi connectivity index (χ4v) is 3.19. The molecule has 0 spiro atoms. The molecular formula is C19H23N5O2. The van der Waals surface area contributed by atoms with Gasteiger partial charge in [0.2, 0.25) is 5.88 Å². The van der Waals surface area contributed by atoms with E-state index in [2.05, 4.69) is 29.2 Å². The minimum absolute atomic E-state index is 0.0191. The average molecular weight is 353 g/mol. The van der Waals surface area contributed by atoms with Crippen molar-refractivity contribution in [2.24, 2.45) is 7.05 Å². The summed E-state index contributed by atoms with van der Waals surface area (Å²) in [6, 6.07) is 5.82. The van der Waals surface area contributed by atoms with Crippen LogP contribution < -0.4 is 10.1 Å². The number of aromatic nitrogens is 4. The van der Waals surface area contributed by atoms with Crippen LogP contribution in [-0.4, -0.2) is 51.1 Å². The van der Waals surface area contributed by atoms with Gasteiger partial charge in [0.05, 0.1) is 28.4 Å². The molecule has 1 atom stereocenters. The van der Waals surface area contributed by atoms with Crippen molar-refractivity contribution in [1.82, 2.24) is 25.1 Å². The molecule has 3 aromatic heterocycles. The maximum Gasteiger partial charge on any atom is 0.223 e. The zero-order chi connectivity index (χ0) is 18.1. The number of pyridine rings is 2. The Morgan fingerprint density at radius 1 is 1.42 bits per heavy atom. The molecule has 0 amide bonds. The molecule has 136 valence electrons. The van der Waals surface area contributed by atoms with Crippen LogP contribution in [0.3, 0.4) is 0 Å². The van der Waals surface area contributed by atoms with Gasteiger partial charge < -0.3 is 14.8 Å². The topological polar surface area (TPSA) is 74.1 Å². The molecule has 0 unspecified atom stereocenters. The van der Waals surface area contributed by atoms with Gasteiger partial charge in [-0.1, -0.05) is 0 Å². The Kier molecular flexibility index (Phi) is 4.34. The summed E-state index contributed by atoms with van der Waals surface area (Å²) in [5.74, 6) is 0.571. The van der Waals surface area contributed by atoms with Gasteiger partial charge in [0.25, 0.3) is 0 Å². The fraction of sp³-hybridized carbons (Fsp3) is 0.421. The first-order valence-corrected chi connectivity index (χ1v) is 8.76. The van der Waals surface area contributed by atoms with Crippen molar-refractivity contribution in [2.45, 2.75) is 25.6 Å². The lowest BCUT2D eigenvalue weighted by molar-refractivity contribution is -0.107. The van der Waals surface area contributed by atoms with E-state index in [9.17, 15) is 0 Å². The molecule has 7 heteroatoms. The standard InChI is InChI=1S/C19H23N5O2/c1-19(2)12-20-9-14(26-19)11-25-18-15-5-4-6-21-17(15)7-16(23-18)13-8-22-24(3)10-13/h4-8,10,14,20H,9,11-12H2,1-3H3/t14-/m0/s1. The lowest BCUT2D eigenvalue weighted by atomic mass is 10.1. The van der Waals surface area contributed by atoms with E-state index in [1.165, 1.54) is 0 Å². The molecule has 4 rings (SSSR count). The third-order valence-electron chi connectivity index (χ3n) is 4.38. The van der Waals surface area contributed by atoms with E-state index >= 15 is 0 Å². The number of aryl methyl sites for hydroxylation is 1. The molecule has 26 heavy (non-hydrogen) atoms. The molecule has 3 aromatic rings. The lowest BCUT2D eigenvalue weighted by Gasteiger charge is -2.36. The normalized spacial score (nSPS) is 19.6. The Balaban J connectivity index is 1.63. The van der Waals surface area contributed by atoms with E-state index in [1.807, 2.05) is 31.4 Å². The Morgan fingerprint density at radius 3 is 3.08 bits per heavy atom. The Hall–Kier alpha value is -2.51. The van der Waals surface area contributed by atoms with Crippen LogP contribution in [0.15, 0.2) is 36.8 Å². The molecule has 0 bridgehead atoms. The zero-order valence-corrected chi connectivity index (χ0v) is 15.3. The molecule has 0 saturated carbocycles. The first kappa shape index (κ1) is 16.9. The maximum absolute atomic E-state index is 6.08. The highest BCUT2D eigenvalue weighted by molar-refractivity contribution is 5.86. The molecule has 1 saturated heterocycles. The largest absolute Gasteiger partial charge is 0.474 e. The number of hydrogen-bond donors (Lipinski definition) is 1. The average Bonchev–Trinajstić information content (AvgIpc) is 3.05. The van der Waals surface area contributed by atoms with Crippen molar-refractivity contribution in [3.63, 3.8) is 0 Å². The summed E-state index contributed by atoms with van der Waals surface area (Å²) in [7, 11) is 1.88. The van der Waals surface area contributed by atoms with Crippen molar-refractivity contribution in [3.8, 4) is 17.1 Å². The Labute approximate surface area is 152 Å². The van der Waals surface area contributed by atoms with Crippen molar-refractivity contribution >= 4 is 10.9 Å². The molecule has 1 N–H and O–H groups in total. The van der Waals surface area contributed by atoms with Crippen LogP contribution in [-0.2, 0) is 11.8 Å². The first-order valence-electron chi connectivity index (χ1n) is 8.76. The van der Waals surface area contributed by atoms with Crippen LogP contribution in [0.2, 0.25) is 0 Å². The highest BCUT2D eigenvalue weighted by Gasteiger charge is 2.28. The Bertz CT molecular complexity index is 921. The van der Waals surface area contributed by atoms with E-state index in [0.29, 0.717) is 12.5 Å². The highest BCUT2D eigenvalue weighted by Crippen LogP contribution is 2.28. The lowest BCUT2D eigenvalue weighted by Crippen LogP contribution is -2.52. The van der Waals surface area contributed by atoms with Crippen molar-refractivity contribution in [3.05, 3.63) is 36.8 Å². The number of fused-ring (bicyclic) bond motifs is 1. The van der Waals surface area contributed by atoms with E-state index in [1.54, 1.807) is 17.1 Å². The molecule has 0 aliphatic carbocycles. The quantitative estimate of drug-likeness (QED) is 0.775. The van der Waals surface area contributed by atoms with Gasteiger partial charge in [0.1, 0.15) is 12.7 Å². The first-order chi connectivity index (χ1) is 12.5. The van der Waals surface area contributed by atoms with Crippen LogP contribution >= 0.6 is 0 Å². The Morgan fingerprint density at radius 2 is 2.31 bits per heavy atom. The van der Waals surface area contributed by atoms with E-state index < -0.39 is 0 Å². The predicted octanol–water partition coefficient (Wildman–Crippen LogP) is 2.18. The predicted molar refractivity (Wildman–Crippen MR) is 99.1 cm³/mol. The summed E-state index contributed by atoms with van der Waals surface area (Å²) < 4.78 is 13.9. The molecule has 4 heterocycles. The second-order valence-electron chi connectivity index (χ2n) is 7.23. The molecule has 7 nitrogen and oxygen atoms in total. The third-order valence-corrected chi connectivity index (χ3v) is 4.38. The number of nitrogens with one attached hydrogen (secondary N) is 1. The second kappa shape index (κ2) is 6.66. The van der Waals surface area contributed by atoms with Gasteiger partial charge in [0, 0.05) is 38.1 Å². The van der Waals surface area contributed by atoms with E-state index in [-0.39, 0.29) is 11.7 Å². The minimum atomic E-state index is -0.194. The highest BCUT2D eigenvalue weighted by atomic mass is 16.6. The minimum Gasteiger partial charge on any atom is -0.474 e. The number of ether oxygens (including phenoxy) is 2. The number of hydrogen-bond acceptors (Lipinski definition) is 6. The maximum atomic E-state index is 6.08. The monoisotopic (exact) mass is 353 g/mol. The van der Waals surface area contributed by atoms with Gasteiger partial charge in [-0.05, 0) is 32.0 Å². The summed E-state index contributed by atoms with van der Waals surface area (Å²) in [5, 5.41) is 8.51. The van der Waals surface area contributed by atoms with Gasteiger partial charge in [-0.25, -0.2) is 4.98 Å². The smallest absolute Gasteiger partial charge is 0.223 e. The van der Waals surface area contributed by atoms with Crippen LogP contribution in [0.5, 0.6) is 5.88 Å². The van der Waals surface area contributed by atoms with Crippen LogP contribution in [0, 0.1) is 0 Å². The summed E-state index contributed by atoms with van der Waals surface area (Å²) in [5.41, 5.74) is 2.38. The van der Waals surface area contributed by atoms with Gasteiger partial charge in [0.15, 0.2) is 0 Å². The van der Waals surface area contributed by atoms with Crippen LogP contribution in [0.25, 0.3) is 22.2 Å². The van der Waals surface area contributed by atoms with Gasteiger partial charge in [-0.3, -0.25) is 9.67 Å². The SMILES string of the molecule is Cn1cc(-c2cc3ncccc3c(OC[C@@H]3CNCC(C)(C)O3)n2)cn1. The molecule has 1 fully saturated rings. The van der Waals surface area contributed by atoms with Crippen molar-refractivity contribution < 1.29 is 9.47 Å². The van der Waals surface area contributed by atoms with Crippen molar-refractivity contribution in [1.29, 1.82) is 0 Å². The number of morpholine rings is 1. The summed E-state index contributed by atoms with van der Waals surface area (Å²) in [6.07, 6.45) is 5.47. The molecule has 0 aromatic carbocycles. The number of nitrogens with zero attached hydrogens (tertiary/aromatic N) is 4. The van der Waals surface area contributed by atoms with E-state index in [0.717, 1.165) is 35.2 Å². The van der Waals surface area contributed by atoms with Gasteiger partial charge in [-0.2, -0.15) is 5.10 Å². The summed E-state index contributed by atoms with van der Waals surface area (Å²) in [4.78, 5) is 9.18. The fourth-order valence-electron chi connectivity index (χ4n) is 3.19. The van der Waals surface area contributed by atoms with Crippen LogP contribution in [0.1, 0.15) is 13.8 Å². The summed E-state index contributed by atoms with van der Waals surface area (Å²) in [6.45, 7) is 6.19. The zero-order valence-electron chi connectivity index (χ0n) is 15.3. The molecule has 1 aliphatic rings. The molecular weight excluding hydrogens is 330 g/mol. The molecule has 0 radical (unpaired) electrons. The van der Waals surface area contributed by atoms with Crippen molar-refractivity contribution in [2.75, 3.05) is 19.7 Å². The summed E-state index contributed by atoms with van der Waals surface area (Å²) >= 11 is 0. The van der Waals surface area contributed by atoms with Gasteiger partial charge in [-0.15, -0.1) is 0 Å². The van der Waals surface area contributed by atoms with Gasteiger partial charge >= 0.3 is 0 Å². The third kappa shape index (κ3) is 3.54.